The molecule has 0 saturated carbocycles. The third-order valence-corrected chi connectivity index (χ3v) is 3.76. The van der Waals surface area contributed by atoms with Gasteiger partial charge in [-0.15, -0.1) is 0 Å². The molecule has 1 aromatic rings. The highest BCUT2D eigenvalue weighted by Gasteiger charge is 2.24. The molecular formula is C16H25FN2O. The first-order valence-corrected chi connectivity index (χ1v) is 7.54. The van der Waals surface area contributed by atoms with Gasteiger partial charge in [-0.05, 0) is 38.3 Å². The van der Waals surface area contributed by atoms with Gasteiger partial charge in [0.2, 0.25) is 0 Å². The first kappa shape index (κ1) is 15.3. The Morgan fingerprint density at radius 3 is 3.00 bits per heavy atom. The summed E-state index contributed by atoms with van der Waals surface area (Å²) in [5.41, 5.74) is 7.47. The Morgan fingerprint density at radius 1 is 1.50 bits per heavy atom. The minimum absolute atomic E-state index is 0.214. The van der Waals surface area contributed by atoms with Gasteiger partial charge in [0.15, 0.2) is 0 Å². The average Bonchev–Trinajstić information content (AvgIpc) is 2.44. The summed E-state index contributed by atoms with van der Waals surface area (Å²) in [5, 5.41) is 0. The molecule has 0 radical (unpaired) electrons. The van der Waals surface area contributed by atoms with Crippen LogP contribution in [-0.2, 0) is 4.74 Å². The molecule has 112 valence electrons. The minimum Gasteiger partial charge on any atom is -0.376 e. The van der Waals surface area contributed by atoms with Gasteiger partial charge < -0.3 is 15.4 Å². The number of anilines is 1. The lowest BCUT2D eigenvalue weighted by Crippen LogP contribution is -2.40. The molecule has 1 aliphatic heterocycles. The Kier molecular flexibility index (Phi) is 5.38. The van der Waals surface area contributed by atoms with Crippen molar-refractivity contribution in [3.05, 3.63) is 29.6 Å². The van der Waals surface area contributed by atoms with E-state index in [2.05, 4.69) is 11.8 Å². The predicted octanol–water partition coefficient (Wildman–Crippen LogP) is 3.24. The van der Waals surface area contributed by atoms with E-state index in [1.807, 2.05) is 13.0 Å². The van der Waals surface area contributed by atoms with Crippen molar-refractivity contribution in [2.45, 2.75) is 45.3 Å². The van der Waals surface area contributed by atoms with Crippen LogP contribution in [0.15, 0.2) is 18.2 Å². The quantitative estimate of drug-likeness (QED) is 0.900. The van der Waals surface area contributed by atoms with Gasteiger partial charge >= 0.3 is 0 Å². The highest BCUT2D eigenvalue weighted by Crippen LogP contribution is 2.30. The second-order valence-electron chi connectivity index (χ2n) is 5.54. The van der Waals surface area contributed by atoms with Gasteiger partial charge in [0.1, 0.15) is 5.82 Å². The van der Waals surface area contributed by atoms with E-state index in [0.717, 1.165) is 44.6 Å². The van der Waals surface area contributed by atoms with Crippen molar-refractivity contribution in [2.75, 3.05) is 24.6 Å². The van der Waals surface area contributed by atoms with E-state index in [0.29, 0.717) is 5.56 Å². The van der Waals surface area contributed by atoms with Crippen LogP contribution in [-0.4, -0.2) is 25.8 Å². The lowest BCUT2D eigenvalue weighted by atomic mass is 10.0. The van der Waals surface area contributed by atoms with Gasteiger partial charge in [0.05, 0.1) is 6.10 Å². The highest BCUT2D eigenvalue weighted by atomic mass is 19.1. The number of piperidine rings is 1. The molecule has 1 heterocycles. The van der Waals surface area contributed by atoms with E-state index >= 15 is 0 Å². The second-order valence-corrected chi connectivity index (χ2v) is 5.54. The molecule has 1 aliphatic rings. The molecule has 2 N–H and O–H groups in total. The van der Waals surface area contributed by atoms with Crippen LogP contribution in [0.3, 0.4) is 0 Å². The molecule has 2 atom stereocenters. The molecule has 4 heteroatoms. The summed E-state index contributed by atoms with van der Waals surface area (Å²) in [6, 6.07) is 4.90. The fourth-order valence-electron chi connectivity index (χ4n) is 2.83. The van der Waals surface area contributed by atoms with Crippen LogP contribution >= 0.6 is 0 Å². The number of rotatable bonds is 5. The molecule has 2 rings (SSSR count). The fourth-order valence-corrected chi connectivity index (χ4v) is 2.83. The van der Waals surface area contributed by atoms with E-state index in [1.54, 1.807) is 6.07 Å². The Morgan fingerprint density at radius 2 is 2.30 bits per heavy atom. The van der Waals surface area contributed by atoms with Crippen molar-refractivity contribution in [3.8, 4) is 0 Å². The Bertz CT molecular complexity index is 436. The number of halogens is 1. The minimum atomic E-state index is -0.303. The third kappa shape index (κ3) is 3.49. The molecule has 1 unspecified atom stereocenters. The van der Waals surface area contributed by atoms with Crippen LogP contribution in [0.5, 0.6) is 0 Å². The number of ether oxygens (including phenoxy) is 1. The van der Waals surface area contributed by atoms with Gasteiger partial charge in [0.25, 0.3) is 0 Å². The largest absolute Gasteiger partial charge is 0.376 e. The molecule has 1 aromatic carbocycles. The summed E-state index contributed by atoms with van der Waals surface area (Å²) in [7, 11) is 0. The predicted molar refractivity (Wildman–Crippen MR) is 80.5 cm³/mol. The summed E-state index contributed by atoms with van der Waals surface area (Å²) >= 11 is 0. The van der Waals surface area contributed by atoms with Gasteiger partial charge in [-0.25, -0.2) is 4.39 Å². The number of nitrogens with two attached hydrogens (primary N) is 1. The van der Waals surface area contributed by atoms with Crippen LogP contribution in [0.1, 0.15) is 44.7 Å². The average molecular weight is 280 g/mol. The Balaban J connectivity index is 2.16. The van der Waals surface area contributed by atoms with Crippen molar-refractivity contribution in [1.82, 2.24) is 0 Å². The van der Waals surface area contributed by atoms with Crippen LogP contribution < -0.4 is 10.6 Å². The number of benzene rings is 1. The molecule has 0 spiro atoms. The summed E-state index contributed by atoms with van der Waals surface area (Å²) in [6.45, 7) is 6.50. The molecular weight excluding hydrogens is 255 g/mol. The number of nitrogens with zero attached hydrogens (tertiary/aromatic N) is 1. The molecule has 20 heavy (non-hydrogen) atoms. The monoisotopic (exact) mass is 280 g/mol. The summed E-state index contributed by atoms with van der Waals surface area (Å²) in [6.07, 6.45) is 3.43. The lowest BCUT2D eigenvalue weighted by Gasteiger charge is -2.36. The van der Waals surface area contributed by atoms with Gasteiger partial charge in [0, 0.05) is 37.0 Å². The summed E-state index contributed by atoms with van der Waals surface area (Å²) in [5.74, 6) is -0.214. The first-order chi connectivity index (χ1) is 9.63. The van der Waals surface area contributed by atoms with Crippen molar-refractivity contribution in [1.29, 1.82) is 0 Å². The number of hydrogen-bond donors (Lipinski definition) is 1. The smallest absolute Gasteiger partial charge is 0.130 e. The van der Waals surface area contributed by atoms with E-state index < -0.39 is 0 Å². The Hall–Kier alpha value is -1.13. The summed E-state index contributed by atoms with van der Waals surface area (Å²) in [4.78, 5) is 2.21. The van der Waals surface area contributed by atoms with Gasteiger partial charge in [-0.1, -0.05) is 13.0 Å². The van der Waals surface area contributed by atoms with Crippen molar-refractivity contribution in [3.63, 3.8) is 0 Å². The van der Waals surface area contributed by atoms with Gasteiger partial charge in [-0.2, -0.15) is 0 Å². The normalized spacial score (nSPS) is 21.0. The number of hydrogen-bond acceptors (Lipinski definition) is 3. The maximum atomic E-state index is 14.0. The zero-order chi connectivity index (χ0) is 14.5. The van der Waals surface area contributed by atoms with Crippen molar-refractivity contribution < 1.29 is 9.13 Å². The molecule has 3 nitrogen and oxygen atoms in total. The molecule has 1 fully saturated rings. The maximum Gasteiger partial charge on any atom is 0.130 e. The SMILES string of the molecule is CCCOC1CCCN(c2cccc(F)c2[C@@H](C)N)C1. The molecule has 0 aliphatic carbocycles. The Labute approximate surface area is 120 Å². The molecule has 1 saturated heterocycles. The lowest BCUT2D eigenvalue weighted by molar-refractivity contribution is 0.0440. The van der Waals surface area contributed by atoms with Crippen LogP contribution in [0, 0.1) is 5.82 Å². The van der Waals surface area contributed by atoms with E-state index in [1.165, 1.54) is 6.07 Å². The van der Waals surface area contributed by atoms with E-state index in [9.17, 15) is 4.39 Å². The van der Waals surface area contributed by atoms with Crippen LogP contribution in [0.25, 0.3) is 0 Å². The summed E-state index contributed by atoms with van der Waals surface area (Å²) < 4.78 is 19.9. The molecule has 0 aromatic heterocycles. The maximum absolute atomic E-state index is 14.0. The fraction of sp³-hybridized carbons (Fsp3) is 0.625. The zero-order valence-electron chi connectivity index (χ0n) is 12.4. The van der Waals surface area contributed by atoms with E-state index in [-0.39, 0.29) is 18.0 Å². The van der Waals surface area contributed by atoms with E-state index in [4.69, 9.17) is 10.5 Å². The molecule has 0 bridgehead atoms. The second kappa shape index (κ2) is 7.04. The molecule has 0 amide bonds. The van der Waals surface area contributed by atoms with Gasteiger partial charge in [-0.3, -0.25) is 0 Å². The van der Waals surface area contributed by atoms with Crippen LogP contribution in [0.2, 0.25) is 0 Å². The highest BCUT2D eigenvalue weighted by molar-refractivity contribution is 5.56. The third-order valence-electron chi connectivity index (χ3n) is 3.76. The standard InChI is InChI=1S/C16H25FN2O/c1-3-10-20-13-6-5-9-19(11-13)15-8-4-7-14(17)16(15)12(2)18/h4,7-8,12-13H,3,5-6,9-11,18H2,1-2H3/t12-,13?/m1/s1. The zero-order valence-corrected chi connectivity index (χ0v) is 12.4. The topological polar surface area (TPSA) is 38.5 Å². The first-order valence-electron chi connectivity index (χ1n) is 7.54. The van der Waals surface area contributed by atoms with Crippen molar-refractivity contribution in [2.24, 2.45) is 5.73 Å². The van der Waals surface area contributed by atoms with Crippen LogP contribution in [0.4, 0.5) is 10.1 Å². The van der Waals surface area contributed by atoms with Crippen molar-refractivity contribution >= 4 is 5.69 Å².